The molecule has 0 aliphatic heterocycles. The van der Waals surface area contributed by atoms with Crippen LogP contribution in [0.4, 0.5) is 5.82 Å². The topological polar surface area (TPSA) is 151 Å². The lowest BCUT2D eigenvalue weighted by molar-refractivity contribution is -0.0268. The molecule has 0 saturated heterocycles. The smallest absolute Gasteiger partial charge is 0.165 e. The van der Waals surface area contributed by atoms with E-state index in [1.807, 2.05) is 0 Å². The van der Waals surface area contributed by atoms with Crippen molar-refractivity contribution in [3.63, 3.8) is 0 Å². The summed E-state index contributed by atoms with van der Waals surface area (Å²) in [6.45, 7) is -0.844. The summed E-state index contributed by atoms with van der Waals surface area (Å²) in [5.41, 5.74) is 6.51. The van der Waals surface area contributed by atoms with Crippen molar-refractivity contribution in [3.8, 4) is 0 Å². The molecule has 9 nitrogen and oxygen atoms in total. The van der Waals surface area contributed by atoms with Crippen LogP contribution in [0.5, 0.6) is 0 Å². The van der Waals surface area contributed by atoms with Crippen molar-refractivity contribution in [2.75, 3.05) is 18.9 Å². The Bertz CT molecular complexity index is 575. The van der Waals surface area contributed by atoms with E-state index in [0.29, 0.717) is 11.2 Å². The quantitative estimate of drug-likeness (QED) is 0.410. The van der Waals surface area contributed by atoms with E-state index in [2.05, 4.69) is 15.0 Å². The first kappa shape index (κ1) is 14.6. The number of imidazole rings is 1. The predicted octanol–water partition coefficient (Wildman–Crippen LogP) is -1.95. The highest BCUT2D eigenvalue weighted by molar-refractivity contribution is 5.81. The van der Waals surface area contributed by atoms with Crippen molar-refractivity contribution in [2.45, 2.75) is 24.7 Å². The largest absolute Gasteiger partial charge is 0.394 e. The summed E-state index contributed by atoms with van der Waals surface area (Å²) in [6, 6.07) is -0.550. The summed E-state index contributed by atoms with van der Waals surface area (Å²) < 4.78 is 1.56. The van der Waals surface area contributed by atoms with E-state index in [4.69, 9.17) is 10.8 Å². The van der Waals surface area contributed by atoms with E-state index in [1.54, 1.807) is 4.57 Å². The van der Waals surface area contributed by atoms with Gasteiger partial charge in [-0.05, 0) is 6.42 Å². The molecule has 2 aromatic heterocycles. The van der Waals surface area contributed by atoms with Crippen molar-refractivity contribution in [3.05, 3.63) is 12.7 Å². The van der Waals surface area contributed by atoms with Gasteiger partial charge in [-0.3, -0.25) is 0 Å². The Morgan fingerprint density at radius 2 is 1.85 bits per heavy atom. The molecule has 0 unspecified atom stereocenters. The Kier molecular flexibility index (Phi) is 4.45. The van der Waals surface area contributed by atoms with Crippen LogP contribution in [0.2, 0.25) is 0 Å². The molecule has 0 radical (unpaired) electrons. The van der Waals surface area contributed by atoms with Gasteiger partial charge in [-0.25, -0.2) is 15.0 Å². The summed E-state index contributed by atoms with van der Waals surface area (Å²) in [5.74, 6) is 0.224. The van der Waals surface area contributed by atoms with Crippen LogP contribution in [0.1, 0.15) is 12.5 Å². The first-order valence-corrected chi connectivity index (χ1v) is 6.09. The molecule has 0 aliphatic carbocycles. The van der Waals surface area contributed by atoms with Gasteiger partial charge in [0.2, 0.25) is 0 Å². The second-order valence-electron chi connectivity index (χ2n) is 4.47. The van der Waals surface area contributed by atoms with Crippen LogP contribution >= 0.6 is 0 Å². The van der Waals surface area contributed by atoms with Gasteiger partial charge in [0, 0.05) is 0 Å². The molecule has 9 heteroatoms. The summed E-state index contributed by atoms with van der Waals surface area (Å²) in [5, 5.41) is 37.4. The molecule has 0 fully saturated rings. The predicted molar refractivity (Wildman–Crippen MR) is 69.6 cm³/mol. The highest BCUT2D eigenvalue weighted by Crippen LogP contribution is 2.22. The van der Waals surface area contributed by atoms with Gasteiger partial charge in [0.25, 0.3) is 0 Å². The number of fused-ring (bicyclic) bond motifs is 1. The van der Waals surface area contributed by atoms with Crippen LogP contribution in [0.15, 0.2) is 12.7 Å². The third-order valence-corrected chi connectivity index (χ3v) is 3.14. The van der Waals surface area contributed by atoms with Crippen molar-refractivity contribution in [1.29, 1.82) is 0 Å². The third kappa shape index (κ3) is 2.70. The number of nitrogens with zero attached hydrogens (tertiary/aromatic N) is 4. The minimum absolute atomic E-state index is 0.0353. The standard InChI is InChI=1S/C11H17N5O4/c12-10-9-11(14-4-13-10)16(5-15-9)6(2-17)1-7(19)8(20)3-18/h4-8,17-20H,1-3H2,(H2,12,13,14)/t6-,7+,8-/m1/s1. The van der Waals surface area contributed by atoms with Crippen LogP contribution in [-0.2, 0) is 0 Å². The normalized spacial score (nSPS) is 16.2. The first-order chi connectivity index (χ1) is 9.58. The highest BCUT2D eigenvalue weighted by atomic mass is 16.4. The number of aliphatic hydroxyl groups excluding tert-OH is 4. The van der Waals surface area contributed by atoms with E-state index in [1.165, 1.54) is 12.7 Å². The monoisotopic (exact) mass is 283 g/mol. The maximum absolute atomic E-state index is 9.73. The van der Waals surface area contributed by atoms with E-state index < -0.39 is 24.9 Å². The van der Waals surface area contributed by atoms with Gasteiger partial charge < -0.3 is 30.7 Å². The van der Waals surface area contributed by atoms with Gasteiger partial charge in [0.05, 0.1) is 31.7 Å². The maximum atomic E-state index is 9.73. The fourth-order valence-corrected chi connectivity index (χ4v) is 1.97. The Hall–Kier alpha value is -1.81. The SMILES string of the molecule is Nc1ncnc2c1ncn2[C@@H](CO)C[C@H](O)[C@H](O)CO. The number of hydrogen-bond donors (Lipinski definition) is 5. The number of nitrogen functional groups attached to an aromatic ring is 1. The summed E-state index contributed by atoms with van der Waals surface area (Å²) >= 11 is 0. The van der Waals surface area contributed by atoms with Crippen molar-refractivity contribution in [2.24, 2.45) is 0 Å². The van der Waals surface area contributed by atoms with E-state index in [9.17, 15) is 15.3 Å². The Balaban J connectivity index is 2.28. The zero-order valence-corrected chi connectivity index (χ0v) is 10.7. The molecule has 110 valence electrons. The van der Waals surface area contributed by atoms with Gasteiger partial charge in [-0.2, -0.15) is 0 Å². The molecule has 0 bridgehead atoms. The van der Waals surface area contributed by atoms with E-state index in [0.717, 1.165) is 0 Å². The molecule has 6 N–H and O–H groups in total. The lowest BCUT2D eigenvalue weighted by Gasteiger charge is -2.22. The molecule has 20 heavy (non-hydrogen) atoms. The molecule has 2 rings (SSSR count). The van der Waals surface area contributed by atoms with Gasteiger partial charge in [-0.1, -0.05) is 0 Å². The summed E-state index contributed by atoms with van der Waals surface area (Å²) in [7, 11) is 0. The average Bonchev–Trinajstić information content (AvgIpc) is 2.89. The van der Waals surface area contributed by atoms with Crippen molar-refractivity contribution in [1.82, 2.24) is 19.5 Å². The molecule has 2 aromatic rings. The number of aromatic nitrogens is 4. The molecular formula is C11H17N5O4. The zero-order chi connectivity index (χ0) is 14.7. The Labute approximate surface area is 114 Å². The summed E-state index contributed by atoms with van der Waals surface area (Å²) in [4.78, 5) is 11.9. The molecule has 0 saturated carbocycles. The fraction of sp³-hybridized carbons (Fsp3) is 0.545. The van der Waals surface area contributed by atoms with Gasteiger partial charge >= 0.3 is 0 Å². The maximum Gasteiger partial charge on any atom is 0.165 e. The number of anilines is 1. The number of aliphatic hydroxyl groups is 4. The minimum Gasteiger partial charge on any atom is -0.394 e. The lowest BCUT2D eigenvalue weighted by atomic mass is 10.1. The third-order valence-electron chi connectivity index (χ3n) is 3.14. The lowest BCUT2D eigenvalue weighted by Crippen LogP contribution is -2.32. The zero-order valence-electron chi connectivity index (χ0n) is 10.7. The second-order valence-corrected chi connectivity index (χ2v) is 4.47. The van der Waals surface area contributed by atoms with Crippen molar-refractivity contribution < 1.29 is 20.4 Å². The van der Waals surface area contributed by atoms with Crippen LogP contribution < -0.4 is 5.73 Å². The highest BCUT2D eigenvalue weighted by Gasteiger charge is 2.23. The molecule has 0 amide bonds. The molecule has 3 atom stereocenters. The number of rotatable bonds is 6. The van der Waals surface area contributed by atoms with E-state index in [-0.39, 0.29) is 18.8 Å². The van der Waals surface area contributed by atoms with Gasteiger partial charge in [0.15, 0.2) is 11.5 Å². The van der Waals surface area contributed by atoms with E-state index >= 15 is 0 Å². The second kappa shape index (κ2) is 6.09. The van der Waals surface area contributed by atoms with Crippen LogP contribution in [0, 0.1) is 0 Å². The first-order valence-electron chi connectivity index (χ1n) is 6.09. The Morgan fingerprint density at radius 3 is 2.50 bits per heavy atom. The molecule has 0 aromatic carbocycles. The van der Waals surface area contributed by atoms with Crippen LogP contribution in [0.25, 0.3) is 11.2 Å². The van der Waals surface area contributed by atoms with Gasteiger partial charge in [-0.15, -0.1) is 0 Å². The minimum atomic E-state index is -1.27. The number of nitrogens with two attached hydrogens (primary N) is 1. The van der Waals surface area contributed by atoms with Crippen molar-refractivity contribution >= 4 is 17.0 Å². The summed E-state index contributed by atoms with van der Waals surface area (Å²) in [6.07, 6.45) is 0.318. The van der Waals surface area contributed by atoms with Gasteiger partial charge in [0.1, 0.15) is 17.9 Å². The van der Waals surface area contributed by atoms with Crippen LogP contribution in [-0.4, -0.2) is 65.4 Å². The molecule has 2 heterocycles. The molecule has 0 aliphatic rings. The Morgan fingerprint density at radius 1 is 1.10 bits per heavy atom. The fourth-order valence-electron chi connectivity index (χ4n) is 1.97. The molecular weight excluding hydrogens is 266 g/mol. The average molecular weight is 283 g/mol. The van der Waals surface area contributed by atoms with Crippen LogP contribution in [0.3, 0.4) is 0 Å². The molecule has 0 spiro atoms. The number of hydrogen-bond acceptors (Lipinski definition) is 8.